The zero-order chi connectivity index (χ0) is 11.4. The molecule has 0 aromatic heterocycles. The Balaban J connectivity index is 1.87. The van der Waals surface area contributed by atoms with Gasteiger partial charge in [0.15, 0.2) is 0 Å². The summed E-state index contributed by atoms with van der Waals surface area (Å²) in [5.41, 5.74) is 2.50. The Hall–Kier alpha value is -1.51. The number of benzene rings is 1. The Morgan fingerprint density at radius 1 is 1.38 bits per heavy atom. The van der Waals surface area contributed by atoms with Crippen LogP contribution in [0.25, 0.3) is 0 Å². The lowest BCUT2D eigenvalue weighted by atomic mass is 10.1. The van der Waals surface area contributed by atoms with Crippen molar-refractivity contribution in [2.24, 2.45) is 4.99 Å². The molecule has 0 aliphatic carbocycles. The third-order valence-electron chi connectivity index (χ3n) is 2.89. The van der Waals surface area contributed by atoms with E-state index in [0.717, 1.165) is 31.1 Å². The van der Waals surface area contributed by atoms with Gasteiger partial charge in [-0.05, 0) is 31.0 Å². The number of ether oxygens (including phenoxy) is 1. The lowest BCUT2D eigenvalue weighted by Crippen LogP contribution is -2.20. The summed E-state index contributed by atoms with van der Waals surface area (Å²) in [5.74, 6) is 2.06. The van der Waals surface area contributed by atoms with Crippen LogP contribution in [0.4, 0.5) is 0 Å². The highest BCUT2D eigenvalue weighted by Gasteiger charge is 2.06. The van der Waals surface area contributed by atoms with Crippen LogP contribution < -0.4 is 10.1 Å². The van der Waals surface area contributed by atoms with Crippen molar-refractivity contribution in [2.75, 3.05) is 19.7 Å². The molecule has 3 heteroatoms. The van der Waals surface area contributed by atoms with Gasteiger partial charge in [0.05, 0.1) is 19.0 Å². The summed E-state index contributed by atoms with van der Waals surface area (Å²) in [5, 5.41) is 3.24. The summed E-state index contributed by atoms with van der Waals surface area (Å²) in [6.07, 6.45) is 0.868. The first-order valence-corrected chi connectivity index (χ1v) is 5.73. The second kappa shape index (κ2) is 5.01. The van der Waals surface area contributed by atoms with Gasteiger partial charge in [0.1, 0.15) is 5.75 Å². The van der Waals surface area contributed by atoms with Gasteiger partial charge in [0, 0.05) is 13.0 Å². The zero-order valence-corrected chi connectivity index (χ0v) is 9.92. The molecule has 0 spiro atoms. The summed E-state index contributed by atoms with van der Waals surface area (Å²) in [4.78, 5) is 4.33. The Labute approximate surface area is 96.5 Å². The molecular formula is C13H18N2O. The first kappa shape index (κ1) is 11.0. The number of rotatable bonds is 4. The highest BCUT2D eigenvalue weighted by molar-refractivity contribution is 5.83. The molecule has 1 aromatic rings. The number of amidine groups is 1. The third-order valence-corrected chi connectivity index (χ3v) is 2.89. The van der Waals surface area contributed by atoms with E-state index in [1.165, 1.54) is 11.1 Å². The average Bonchev–Trinajstić information content (AvgIpc) is 2.77. The lowest BCUT2D eigenvalue weighted by Gasteiger charge is -2.10. The quantitative estimate of drug-likeness (QED) is 0.839. The first-order chi connectivity index (χ1) is 7.77. The molecule has 2 rings (SSSR count). The van der Waals surface area contributed by atoms with Crippen LogP contribution in [-0.4, -0.2) is 25.5 Å². The van der Waals surface area contributed by atoms with Crippen molar-refractivity contribution >= 4 is 5.84 Å². The van der Waals surface area contributed by atoms with Gasteiger partial charge in [-0.25, -0.2) is 0 Å². The first-order valence-electron chi connectivity index (χ1n) is 5.73. The summed E-state index contributed by atoms with van der Waals surface area (Å²) >= 11 is 0. The predicted molar refractivity (Wildman–Crippen MR) is 66.3 cm³/mol. The van der Waals surface area contributed by atoms with E-state index in [1.54, 1.807) is 0 Å². The van der Waals surface area contributed by atoms with Crippen molar-refractivity contribution in [3.8, 4) is 5.75 Å². The molecule has 1 aromatic carbocycles. The maximum atomic E-state index is 5.76. The van der Waals surface area contributed by atoms with Crippen molar-refractivity contribution in [1.29, 1.82) is 0 Å². The zero-order valence-electron chi connectivity index (χ0n) is 9.92. The Morgan fingerprint density at radius 2 is 2.25 bits per heavy atom. The molecule has 16 heavy (non-hydrogen) atoms. The van der Waals surface area contributed by atoms with Crippen LogP contribution >= 0.6 is 0 Å². The van der Waals surface area contributed by atoms with Crippen LogP contribution in [-0.2, 0) is 0 Å². The van der Waals surface area contributed by atoms with E-state index in [4.69, 9.17) is 4.74 Å². The molecule has 0 unspecified atom stereocenters. The van der Waals surface area contributed by atoms with Crippen LogP contribution in [0.3, 0.4) is 0 Å². The molecule has 0 saturated heterocycles. The SMILES string of the molecule is Cc1cccc(OCCC2=NCCN2)c1C. The van der Waals surface area contributed by atoms with Gasteiger partial charge in [-0.2, -0.15) is 0 Å². The molecule has 0 bridgehead atoms. The highest BCUT2D eigenvalue weighted by Crippen LogP contribution is 2.20. The fourth-order valence-electron chi connectivity index (χ4n) is 1.75. The molecular weight excluding hydrogens is 200 g/mol. The standard InChI is InChI=1S/C13H18N2O/c1-10-4-3-5-12(11(10)2)16-9-6-13-14-7-8-15-13/h3-5H,6-9H2,1-2H3,(H,14,15). The van der Waals surface area contributed by atoms with E-state index in [2.05, 4.69) is 30.2 Å². The minimum atomic E-state index is 0.691. The van der Waals surface area contributed by atoms with Gasteiger partial charge in [-0.3, -0.25) is 4.99 Å². The topological polar surface area (TPSA) is 33.6 Å². The largest absolute Gasteiger partial charge is 0.493 e. The molecule has 0 saturated carbocycles. The molecule has 1 aliphatic heterocycles. The molecule has 86 valence electrons. The molecule has 1 heterocycles. The van der Waals surface area contributed by atoms with Crippen molar-refractivity contribution in [2.45, 2.75) is 20.3 Å². The minimum absolute atomic E-state index is 0.691. The molecule has 3 nitrogen and oxygen atoms in total. The number of aliphatic imine (C=N–C) groups is 1. The summed E-state index contributed by atoms with van der Waals surface area (Å²) in [7, 11) is 0. The summed E-state index contributed by atoms with van der Waals surface area (Å²) in [6.45, 7) is 6.76. The van der Waals surface area contributed by atoms with Gasteiger partial charge < -0.3 is 10.1 Å². The lowest BCUT2D eigenvalue weighted by molar-refractivity contribution is 0.326. The molecule has 0 amide bonds. The molecule has 0 fully saturated rings. The Bertz CT molecular complexity index is 399. The maximum absolute atomic E-state index is 5.76. The van der Waals surface area contributed by atoms with Crippen LogP contribution in [0.2, 0.25) is 0 Å². The summed E-state index contributed by atoms with van der Waals surface area (Å²) < 4.78 is 5.76. The fraction of sp³-hybridized carbons (Fsp3) is 0.462. The van der Waals surface area contributed by atoms with E-state index in [0.29, 0.717) is 6.61 Å². The van der Waals surface area contributed by atoms with Crippen molar-refractivity contribution in [1.82, 2.24) is 5.32 Å². The van der Waals surface area contributed by atoms with Gasteiger partial charge in [-0.15, -0.1) is 0 Å². The van der Waals surface area contributed by atoms with E-state index in [1.807, 2.05) is 12.1 Å². The minimum Gasteiger partial charge on any atom is -0.493 e. The second-order valence-electron chi connectivity index (χ2n) is 4.05. The van der Waals surface area contributed by atoms with E-state index in [9.17, 15) is 0 Å². The molecule has 0 radical (unpaired) electrons. The van der Waals surface area contributed by atoms with Crippen LogP contribution in [0, 0.1) is 13.8 Å². The van der Waals surface area contributed by atoms with Crippen molar-refractivity contribution < 1.29 is 4.74 Å². The number of nitrogens with one attached hydrogen (secondary N) is 1. The molecule has 1 aliphatic rings. The fourth-order valence-corrected chi connectivity index (χ4v) is 1.75. The summed E-state index contributed by atoms with van der Waals surface area (Å²) in [6, 6.07) is 6.15. The number of aryl methyl sites for hydroxylation is 1. The van der Waals surface area contributed by atoms with Crippen molar-refractivity contribution in [3.63, 3.8) is 0 Å². The van der Waals surface area contributed by atoms with E-state index in [-0.39, 0.29) is 0 Å². The molecule has 0 atom stereocenters. The van der Waals surface area contributed by atoms with Gasteiger partial charge >= 0.3 is 0 Å². The van der Waals surface area contributed by atoms with Crippen LogP contribution in [0.5, 0.6) is 5.75 Å². The second-order valence-corrected chi connectivity index (χ2v) is 4.05. The van der Waals surface area contributed by atoms with Gasteiger partial charge in [0.2, 0.25) is 0 Å². The van der Waals surface area contributed by atoms with Crippen LogP contribution in [0.1, 0.15) is 17.5 Å². The van der Waals surface area contributed by atoms with Crippen LogP contribution in [0.15, 0.2) is 23.2 Å². The number of hydrogen-bond acceptors (Lipinski definition) is 3. The van der Waals surface area contributed by atoms with E-state index < -0.39 is 0 Å². The number of hydrogen-bond donors (Lipinski definition) is 1. The van der Waals surface area contributed by atoms with Gasteiger partial charge in [0.25, 0.3) is 0 Å². The maximum Gasteiger partial charge on any atom is 0.122 e. The van der Waals surface area contributed by atoms with Crippen molar-refractivity contribution in [3.05, 3.63) is 29.3 Å². The Kier molecular flexibility index (Phi) is 3.44. The highest BCUT2D eigenvalue weighted by atomic mass is 16.5. The number of nitrogens with zero attached hydrogens (tertiary/aromatic N) is 1. The van der Waals surface area contributed by atoms with Gasteiger partial charge in [-0.1, -0.05) is 12.1 Å². The Morgan fingerprint density at radius 3 is 3.00 bits per heavy atom. The normalized spacial score (nSPS) is 14.5. The average molecular weight is 218 g/mol. The third kappa shape index (κ3) is 2.54. The predicted octanol–water partition coefficient (Wildman–Crippen LogP) is 2.07. The van der Waals surface area contributed by atoms with E-state index >= 15 is 0 Å². The monoisotopic (exact) mass is 218 g/mol. The smallest absolute Gasteiger partial charge is 0.122 e. The molecule has 1 N–H and O–H groups in total.